The SMILES string of the molecule is COc1ccccc1C1(CNC(=O)C2CCCN(C(=O)c3ccc(C)cc3)C2)CCCC1. The average Bonchev–Trinajstić information content (AvgIpc) is 3.32. The van der Waals surface area contributed by atoms with E-state index in [0.29, 0.717) is 25.2 Å². The van der Waals surface area contributed by atoms with Crippen LogP contribution in [0, 0.1) is 12.8 Å². The number of piperidine rings is 1. The van der Waals surface area contributed by atoms with Crippen LogP contribution in [0.5, 0.6) is 5.75 Å². The Kier molecular flexibility index (Phi) is 6.83. The normalized spacial score (nSPS) is 20.1. The lowest BCUT2D eigenvalue weighted by Gasteiger charge is -2.34. The first-order valence-electron chi connectivity index (χ1n) is 11.8. The molecule has 5 heteroatoms. The van der Waals surface area contributed by atoms with Crippen molar-refractivity contribution in [2.45, 2.75) is 50.9 Å². The van der Waals surface area contributed by atoms with E-state index in [4.69, 9.17) is 4.74 Å². The van der Waals surface area contributed by atoms with Gasteiger partial charge in [-0.2, -0.15) is 0 Å². The third kappa shape index (κ3) is 4.67. The van der Waals surface area contributed by atoms with Crippen LogP contribution in [0.3, 0.4) is 0 Å². The van der Waals surface area contributed by atoms with Gasteiger partial charge >= 0.3 is 0 Å². The summed E-state index contributed by atoms with van der Waals surface area (Å²) in [6, 6.07) is 15.9. The summed E-state index contributed by atoms with van der Waals surface area (Å²) in [5.41, 5.74) is 2.94. The van der Waals surface area contributed by atoms with Crippen LogP contribution < -0.4 is 10.1 Å². The summed E-state index contributed by atoms with van der Waals surface area (Å²) in [6.45, 7) is 3.83. The molecule has 0 spiro atoms. The van der Waals surface area contributed by atoms with E-state index in [1.54, 1.807) is 7.11 Å². The van der Waals surface area contributed by atoms with Crippen molar-refractivity contribution in [3.63, 3.8) is 0 Å². The molecule has 1 aliphatic carbocycles. The zero-order valence-electron chi connectivity index (χ0n) is 19.2. The van der Waals surface area contributed by atoms with Crippen LogP contribution in [-0.4, -0.2) is 43.5 Å². The quantitative estimate of drug-likeness (QED) is 0.729. The third-order valence-corrected chi connectivity index (χ3v) is 7.22. The number of ether oxygens (including phenoxy) is 1. The molecule has 4 rings (SSSR count). The van der Waals surface area contributed by atoms with Crippen molar-refractivity contribution in [3.05, 3.63) is 65.2 Å². The number of methoxy groups -OCH3 is 1. The molecular weight excluding hydrogens is 400 g/mol. The Bertz CT molecular complexity index is 948. The maximum atomic E-state index is 13.2. The topological polar surface area (TPSA) is 58.6 Å². The minimum Gasteiger partial charge on any atom is -0.496 e. The van der Waals surface area contributed by atoms with E-state index in [2.05, 4.69) is 17.4 Å². The van der Waals surface area contributed by atoms with E-state index in [9.17, 15) is 9.59 Å². The first-order chi connectivity index (χ1) is 15.5. The lowest BCUT2D eigenvalue weighted by Crippen LogP contribution is -2.48. The highest BCUT2D eigenvalue weighted by atomic mass is 16.5. The Labute approximate surface area is 191 Å². The summed E-state index contributed by atoms with van der Waals surface area (Å²) in [5, 5.41) is 3.26. The number of likely N-dealkylation sites (tertiary alicyclic amines) is 1. The molecule has 2 amide bonds. The second kappa shape index (κ2) is 9.76. The van der Waals surface area contributed by atoms with Crippen LogP contribution in [0.15, 0.2) is 48.5 Å². The molecule has 1 saturated carbocycles. The number of carbonyl (C=O) groups is 2. The lowest BCUT2D eigenvalue weighted by molar-refractivity contribution is -0.126. The lowest BCUT2D eigenvalue weighted by atomic mass is 9.78. The largest absolute Gasteiger partial charge is 0.496 e. The fourth-order valence-corrected chi connectivity index (χ4v) is 5.33. The van der Waals surface area contributed by atoms with Crippen LogP contribution >= 0.6 is 0 Å². The minimum absolute atomic E-state index is 0.0174. The van der Waals surface area contributed by atoms with Crippen LogP contribution in [0.1, 0.15) is 60.0 Å². The van der Waals surface area contributed by atoms with Crippen LogP contribution in [0.4, 0.5) is 0 Å². The number of hydrogen-bond donors (Lipinski definition) is 1. The molecule has 170 valence electrons. The zero-order chi connectivity index (χ0) is 22.6. The Hall–Kier alpha value is -2.82. The molecule has 0 aromatic heterocycles. The van der Waals surface area contributed by atoms with Gasteiger partial charge in [-0.15, -0.1) is 0 Å². The maximum Gasteiger partial charge on any atom is 0.253 e. The Morgan fingerprint density at radius 1 is 1.06 bits per heavy atom. The van der Waals surface area contributed by atoms with Crippen molar-refractivity contribution >= 4 is 11.8 Å². The molecule has 2 aromatic rings. The van der Waals surface area contributed by atoms with Crippen molar-refractivity contribution in [3.8, 4) is 5.75 Å². The fraction of sp³-hybridized carbons (Fsp3) is 0.481. The fourth-order valence-electron chi connectivity index (χ4n) is 5.33. The molecule has 2 aliphatic rings. The average molecular weight is 435 g/mol. The molecule has 5 nitrogen and oxygen atoms in total. The Morgan fingerprint density at radius 2 is 1.78 bits per heavy atom. The monoisotopic (exact) mass is 434 g/mol. The molecule has 1 saturated heterocycles. The molecule has 1 heterocycles. The van der Waals surface area contributed by atoms with E-state index in [1.807, 2.05) is 48.2 Å². The van der Waals surface area contributed by atoms with Crippen LogP contribution in [0.25, 0.3) is 0 Å². The highest BCUT2D eigenvalue weighted by Crippen LogP contribution is 2.44. The number of aryl methyl sites for hydroxylation is 1. The van der Waals surface area contributed by atoms with Gasteiger partial charge in [0.1, 0.15) is 5.75 Å². The van der Waals surface area contributed by atoms with E-state index in [-0.39, 0.29) is 23.1 Å². The van der Waals surface area contributed by atoms with E-state index >= 15 is 0 Å². The predicted octanol–water partition coefficient (Wildman–Crippen LogP) is 4.48. The Balaban J connectivity index is 1.41. The summed E-state index contributed by atoms with van der Waals surface area (Å²) in [5.74, 6) is 0.821. The third-order valence-electron chi connectivity index (χ3n) is 7.22. The van der Waals surface area contributed by atoms with Crippen molar-refractivity contribution in [1.29, 1.82) is 0 Å². The standard InChI is InChI=1S/C27H34N2O3/c1-20-11-13-21(14-12-20)26(31)29-17-7-8-22(18-29)25(30)28-19-27(15-5-6-16-27)23-9-3-4-10-24(23)32-2/h3-4,9-14,22H,5-8,15-19H2,1-2H3,(H,28,30). The van der Waals surface area contributed by atoms with Crippen LogP contribution in [-0.2, 0) is 10.2 Å². The van der Waals surface area contributed by atoms with E-state index < -0.39 is 0 Å². The second-order valence-corrected chi connectivity index (χ2v) is 9.36. The number of carbonyl (C=O) groups excluding carboxylic acids is 2. The number of amides is 2. The summed E-state index contributed by atoms with van der Waals surface area (Å²) < 4.78 is 5.64. The van der Waals surface area contributed by atoms with Gasteiger partial charge in [-0.05, 0) is 50.8 Å². The number of nitrogens with zero attached hydrogens (tertiary/aromatic N) is 1. The van der Waals surface area contributed by atoms with Gasteiger partial charge in [0.15, 0.2) is 0 Å². The first kappa shape index (κ1) is 22.4. The van der Waals surface area contributed by atoms with Crippen molar-refractivity contribution in [2.75, 3.05) is 26.7 Å². The molecular formula is C27H34N2O3. The van der Waals surface area contributed by atoms with Gasteiger partial charge in [0.2, 0.25) is 5.91 Å². The molecule has 2 fully saturated rings. The van der Waals surface area contributed by atoms with Gasteiger partial charge in [-0.3, -0.25) is 9.59 Å². The summed E-state index contributed by atoms with van der Waals surface area (Å²) in [6.07, 6.45) is 6.11. The van der Waals surface area contributed by atoms with Gasteiger partial charge in [0.25, 0.3) is 5.91 Å². The number of hydrogen-bond acceptors (Lipinski definition) is 3. The molecule has 2 aromatic carbocycles. The molecule has 1 unspecified atom stereocenters. The number of rotatable bonds is 6. The minimum atomic E-state index is -0.158. The number of nitrogens with one attached hydrogen (secondary N) is 1. The molecule has 1 atom stereocenters. The van der Waals surface area contributed by atoms with Crippen molar-refractivity contribution in [2.24, 2.45) is 5.92 Å². The molecule has 0 bridgehead atoms. The Morgan fingerprint density at radius 3 is 2.50 bits per heavy atom. The number of para-hydroxylation sites is 1. The predicted molar refractivity (Wildman–Crippen MR) is 126 cm³/mol. The highest BCUT2D eigenvalue weighted by molar-refractivity contribution is 5.94. The van der Waals surface area contributed by atoms with Crippen molar-refractivity contribution in [1.82, 2.24) is 10.2 Å². The molecule has 32 heavy (non-hydrogen) atoms. The smallest absolute Gasteiger partial charge is 0.253 e. The summed E-state index contributed by atoms with van der Waals surface area (Å²) >= 11 is 0. The first-order valence-corrected chi connectivity index (χ1v) is 11.8. The second-order valence-electron chi connectivity index (χ2n) is 9.36. The molecule has 1 N–H and O–H groups in total. The van der Waals surface area contributed by atoms with Gasteiger partial charge < -0.3 is 15.0 Å². The summed E-state index contributed by atoms with van der Waals surface area (Å²) in [4.78, 5) is 27.9. The van der Waals surface area contributed by atoms with Gasteiger partial charge in [-0.25, -0.2) is 0 Å². The van der Waals surface area contributed by atoms with E-state index in [0.717, 1.165) is 49.8 Å². The maximum absolute atomic E-state index is 13.2. The van der Waals surface area contributed by atoms with Gasteiger partial charge in [-0.1, -0.05) is 48.7 Å². The van der Waals surface area contributed by atoms with Crippen molar-refractivity contribution < 1.29 is 14.3 Å². The molecule has 1 aliphatic heterocycles. The zero-order valence-corrected chi connectivity index (χ0v) is 19.2. The summed E-state index contributed by atoms with van der Waals surface area (Å²) in [7, 11) is 1.71. The molecule has 0 radical (unpaired) electrons. The van der Waals surface area contributed by atoms with E-state index in [1.165, 1.54) is 5.56 Å². The highest BCUT2D eigenvalue weighted by Gasteiger charge is 2.39. The number of benzene rings is 2. The van der Waals surface area contributed by atoms with Crippen LogP contribution in [0.2, 0.25) is 0 Å². The van der Waals surface area contributed by atoms with Gasteiger partial charge in [0.05, 0.1) is 13.0 Å². The van der Waals surface area contributed by atoms with Gasteiger partial charge in [0, 0.05) is 36.2 Å².